The van der Waals surface area contributed by atoms with Crippen LogP contribution in [-0.4, -0.2) is 33.1 Å². The first kappa shape index (κ1) is 21.6. The first-order valence-corrected chi connectivity index (χ1v) is 11.9. The van der Waals surface area contributed by atoms with Crippen LogP contribution in [0, 0.1) is 46.3 Å². The molecule has 5 heteroatoms. The second-order valence-corrected chi connectivity index (χ2v) is 11.7. The van der Waals surface area contributed by atoms with Crippen molar-refractivity contribution in [1.29, 1.82) is 0 Å². The van der Waals surface area contributed by atoms with Gasteiger partial charge >= 0.3 is 5.97 Å². The molecule has 0 bridgehead atoms. The SMILES string of the molecule is C[C@H](CCC(=O)O)[C@H]1CC[C@H]2[C@@H]3CC[C@@H]4C[C@](N)(O)CC[C@]4(C)[C@H]3C[C@H](O)[C@]12C. The second-order valence-electron chi connectivity index (χ2n) is 11.7. The summed E-state index contributed by atoms with van der Waals surface area (Å²) in [5.41, 5.74) is 5.17. The molecule has 166 valence electrons. The van der Waals surface area contributed by atoms with Gasteiger partial charge < -0.3 is 21.1 Å². The number of nitrogens with two attached hydrogens (primary N) is 1. The monoisotopic (exact) mass is 407 g/mol. The largest absolute Gasteiger partial charge is 0.481 e. The third kappa shape index (κ3) is 3.36. The van der Waals surface area contributed by atoms with Crippen molar-refractivity contribution < 1.29 is 20.1 Å². The maximum Gasteiger partial charge on any atom is 0.303 e. The van der Waals surface area contributed by atoms with Crippen molar-refractivity contribution in [1.82, 2.24) is 0 Å². The van der Waals surface area contributed by atoms with E-state index in [0.717, 1.165) is 25.7 Å². The van der Waals surface area contributed by atoms with Gasteiger partial charge in [-0.05, 0) is 104 Å². The van der Waals surface area contributed by atoms with Crippen LogP contribution in [-0.2, 0) is 4.79 Å². The number of hydrogen-bond acceptors (Lipinski definition) is 4. The van der Waals surface area contributed by atoms with Gasteiger partial charge in [-0.3, -0.25) is 4.79 Å². The Morgan fingerprint density at radius 2 is 1.86 bits per heavy atom. The summed E-state index contributed by atoms with van der Waals surface area (Å²) in [6, 6.07) is 0. The van der Waals surface area contributed by atoms with Crippen molar-refractivity contribution in [2.75, 3.05) is 0 Å². The van der Waals surface area contributed by atoms with Crippen molar-refractivity contribution in [2.45, 2.75) is 96.8 Å². The Balaban J connectivity index is 1.56. The molecule has 0 aromatic rings. The zero-order valence-corrected chi connectivity index (χ0v) is 18.4. The van der Waals surface area contributed by atoms with Crippen LogP contribution in [0.2, 0.25) is 0 Å². The minimum atomic E-state index is -1.02. The maximum absolute atomic E-state index is 11.5. The summed E-state index contributed by atoms with van der Waals surface area (Å²) < 4.78 is 0. The van der Waals surface area contributed by atoms with Gasteiger partial charge in [0.25, 0.3) is 0 Å². The predicted molar refractivity (Wildman–Crippen MR) is 112 cm³/mol. The molecule has 5 N–H and O–H groups in total. The first-order valence-electron chi connectivity index (χ1n) is 11.9. The summed E-state index contributed by atoms with van der Waals surface area (Å²) in [5.74, 6) is 2.17. The Morgan fingerprint density at radius 1 is 1.14 bits per heavy atom. The van der Waals surface area contributed by atoms with Gasteiger partial charge in [0.1, 0.15) is 5.72 Å². The fourth-order valence-corrected chi connectivity index (χ4v) is 8.75. The quantitative estimate of drug-likeness (QED) is 0.531. The van der Waals surface area contributed by atoms with E-state index in [1.54, 1.807) is 0 Å². The molecule has 0 aromatic carbocycles. The normalized spacial score (nSPS) is 52.9. The number of carbonyl (C=O) groups is 1. The van der Waals surface area contributed by atoms with Crippen LogP contribution in [0.25, 0.3) is 0 Å². The summed E-state index contributed by atoms with van der Waals surface area (Å²) in [6.45, 7) is 6.91. The van der Waals surface area contributed by atoms with E-state index in [9.17, 15) is 15.0 Å². The Hall–Kier alpha value is -0.650. The highest BCUT2D eigenvalue weighted by molar-refractivity contribution is 5.66. The summed E-state index contributed by atoms with van der Waals surface area (Å²) in [6.07, 6.45) is 8.39. The lowest BCUT2D eigenvalue weighted by Crippen LogP contribution is -2.61. The molecule has 4 saturated carbocycles. The highest BCUT2D eigenvalue weighted by Crippen LogP contribution is 2.68. The van der Waals surface area contributed by atoms with E-state index >= 15 is 0 Å². The molecule has 0 spiro atoms. The van der Waals surface area contributed by atoms with E-state index in [2.05, 4.69) is 20.8 Å². The molecule has 0 unspecified atom stereocenters. The van der Waals surface area contributed by atoms with Gasteiger partial charge in [0.2, 0.25) is 0 Å². The molecule has 4 aliphatic carbocycles. The molecule has 0 radical (unpaired) electrons. The zero-order chi connectivity index (χ0) is 21.2. The van der Waals surface area contributed by atoms with Gasteiger partial charge in [0.15, 0.2) is 0 Å². The molecule has 0 aromatic heterocycles. The van der Waals surface area contributed by atoms with Crippen LogP contribution < -0.4 is 5.73 Å². The zero-order valence-electron chi connectivity index (χ0n) is 18.4. The number of carboxylic acids is 1. The van der Waals surface area contributed by atoms with Crippen molar-refractivity contribution in [2.24, 2.45) is 52.1 Å². The molecule has 0 saturated heterocycles. The molecule has 0 heterocycles. The molecule has 4 rings (SSSR count). The fourth-order valence-electron chi connectivity index (χ4n) is 8.75. The highest BCUT2D eigenvalue weighted by atomic mass is 16.4. The number of fused-ring (bicyclic) bond motifs is 5. The number of hydrogen-bond donors (Lipinski definition) is 4. The average molecular weight is 408 g/mol. The van der Waals surface area contributed by atoms with Crippen LogP contribution in [0.1, 0.15) is 85.0 Å². The van der Waals surface area contributed by atoms with Crippen molar-refractivity contribution in [3.63, 3.8) is 0 Å². The lowest BCUT2D eigenvalue weighted by Gasteiger charge is -2.63. The van der Waals surface area contributed by atoms with Crippen molar-refractivity contribution >= 4 is 5.97 Å². The van der Waals surface area contributed by atoms with E-state index in [0.29, 0.717) is 54.8 Å². The van der Waals surface area contributed by atoms with Gasteiger partial charge in [-0.25, -0.2) is 0 Å². The lowest BCUT2D eigenvalue weighted by molar-refractivity contribution is -0.185. The first-order chi connectivity index (χ1) is 13.5. The van der Waals surface area contributed by atoms with E-state index in [4.69, 9.17) is 10.8 Å². The smallest absolute Gasteiger partial charge is 0.303 e. The molecule has 5 nitrogen and oxygen atoms in total. The average Bonchev–Trinajstić information content (AvgIpc) is 3.00. The van der Waals surface area contributed by atoms with E-state index in [1.165, 1.54) is 12.8 Å². The van der Waals surface area contributed by atoms with Crippen LogP contribution >= 0.6 is 0 Å². The van der Waals surface area contributed by atoms with Gasteiger partial charge in [0.05, 0.1) is 6.10 Å². The Labute approximate surface area is 175 Å². The summed E-state index contributed by atoms with van der Waals surface area (Å²) in [5, 5.41) is 31.0. The number of rotatable bonds is 4. The van der Waals surface area contributed by atoms with Crippen LogP contribution in [0.15, 0.2) is 0 Å². The Kier molecular flexibility index (Phi) is 5.36. The van der Waals surface area contributed by atoms with Crippen molar-refractivity contribution in [3.8, 4) is 0 Å². The molecular formula is C24H41NO4. The van der Waals surface area contributed by atoms with E-state index in [1.807, 2.05) is 0 Å². The molecule has 10 atom stereocenters. The minimum Gasteiger partial charge on any atom is -0.481 e. The van der Waals surface area contributed by atoms with Crippen molar-refractivity contribution in [3.05, 3.63) is 0 Å². The molecule has 0 amide bonds. The molecule has 0 aliphatic heterocycles. The Bertz CT molecular complexity index is 651. The number of aliphatic hydroxyl groups is 2. The van der Waals surface area contributed by atoms with Gasteiger partial charge in [0, 0.05) is 6.42 Å². The third-order valence-electron chi connectivity index (χ3n) is 10.4. The van der Waals surface area contributed by atoms with Crippen LogP contribution in [0.3, 0.4) is 0 Å². The van der Waals surface area contributed by atoms with Gasteiger partial charge in [-0.1, -0.05) is 20.8 Å². The van der Waals surface area contributed by atoms with Gasteiger partial charge in [-0.2, -0.15) is 0 Å². The van der Waals surface area contributed by atoms with E-state index in [-0.39, 0.29) is 23.4 Å². The fraction of sp³-hybridized carbons (Fsp3) is 0.958. The molecular weight excluding hydrogens is 366 g/mol. The van der Waals surface area contributed by atoms with Crippen LogP contribution in [0.5, 0.6) is 0 Å². The number of aliphatic carboxylic acids is 1. The number of carboxylic acid groups (broad SMARTS) is 1. The van der Waals surface area contributed by atoms with E-state index < -0.39 is 11.7 Å². The highest BCUT2D eigenvalue weighted by Gasteiger charge is 2.64. The van der Waals surface area contributed by atoms with Gasteiger partial charge in [-0.15, -0.1) is 0 Å². The molecule has 4 fully saturated rings. The molecule has 4 aliphatic rings. The predicted octanol–water partition coefficient (Wildman–Crippen LogP) is 3.76. The summed E-state index contributed by atoms with van der Waals surface area (Å²) >= 11 is 0. The lowest BCUT2D eigenvalue weighted by atomic mass is 9.43. The second kappa shape index (κ2) is 7.20. The third-order valence-corrected chi connectivity index (χ3v) is 10.4. The Morgan fingerprint density at radius 3 is 2.55 bits per heavy atom. The number of aliphatic hydroxyl groups excluding tert-OH is 1. The summed E-state index contributed by atoms with van der Waals surface area (Å²) in [7, 11) is 0. The summed E-state index contributed by atoms with van der Waals surface area (Å²) in [4.78, 5) is 11.1. The topological polar surface area (TPSA) is 104 Å². The molecule has 29 heavy (non-hydrogen) atoms. The van der Waals surface area contributed by atoms with Crippen LogP contribution in [0.4, 0.5) is 0 Å². The standard InChI is InChI=1S/C24H41NO4/c1-14(4-9-21(27)28)17-7-8-18-16-6-5-15-13-24(25,29)11-10-22(15,2)19(16)12-20(26)23(17,18)3/h14-20,26,29H,4-13,25H2,1-3H3,(H,27,28)/t14-,15-,16+,17-,18+,19+,20+,22+,23-,24-/m1/s1. The maximum atomic E-state index is 11.5. The minimum absolute atomic E-state index is 0.0917.